The van der Waals surface area contributed by atoms with Crippen LogP contribution < -0.4 is 9.62 Å². The first kappa shape index (κ1) is 31.5. The van der Waals surface area contributed by atoms with Crippen molar-refractivity contribution >= 4 is 50.7 Å². The molecule has 7 nitrogen and oxygen atoms in total. The molecule has 0 aromatic heterocycles. The van der Waals surface area contributed by atoms with Crippen LogP contribution in [0.15, 0.2) is 72.8 Å². The number of sulfonamides is 1. The van der Waals surface area contributed by atoms with Crippen molar-refractivity contribution in [2.24, 2.45) is 0 Å². The number of carbonyl (C=O) groups is 2. The second kappa shape index (κ2) is 14.0. The Balaban J connectivity index is 2.10. The summed E-state index contributed by atoms with van der Waals surface area (Å²) in [6, 6.07) is 20.6. The van der Waals surface area contributed by atoms with Crippen LogP contribution in [0.3, 0.4) is 0 Å². The van der Waals surface area contributed by atoms with Crippen LogP contribution in [0.25, 0.3) is 0 Å². The van der Waals surface area contributed by atoms with Crippen molar-refractivity contribution in [1.29, 1.82) is 0 Å². The molecule has 3 rings (SSSR count). The quantitative estimate of drug-likeness (QED) is 0.291. The second-order valence-electron chi connectivity index (χ2n) is 9.81. The third-order valence-corrected chi connectivity index (χ3v) is 8.69. The highest BCUT2D eigenvalue weighted by molar-refractivity contribution is 7.92. The van der Waals surface area contributed by atoms with Crippen molar-refractivity contribution in [2.75, 3.05) is 17.1 Å². The molecule has 3 aromatic carbocycles. The normalized spacial score (nSPS) is 12.8. The van der Waals surface area contributed by atoms with E-state index in [4.69, 9.17) is 23.2 Å². The highest BCUT2D eigenvalue weighted by atomic mass is 35.5. The number of hydrogen-bond donors (Lipinski definition) is 1. The number of halogens is 2. The fraction of sp³-hybridized carbons (Fsp3) is 0.333. The number of amides is 2. The molecule has 2 amide bonds. The fourth-order valence-corrected chi connectivity index (χ4v) is 5.55. The summed E-state index contributed by atoms with van der Waals surface area (Å²) < 4.78 is 26.8. The lowest BCUT2D eigenvalue weighted by atomic mass is 10.0. The number of aryl methyl sites for hydroxylation is 1. The van der Waals surface area contributed by atoms with E-state index in [1.165, 1.54) is 17.0 Å². The second-order valence-corrected chi connectivity index (χ2v) is 12.5. The van der Waals surface area contributed by atoms with Gasteiger partial charge < -0.3 is 10.2 Å². The lowest BCUT2D eigenvalue weighted by molar-refractivity contribution is -0.140. The van der Waals surface area contributed by atoms with Crippen molar-refractivity contribution in [1.82, 2.24) is 10.2 Å². The van der Waals surface area contributed by atoms with Gasteiger partial charge in [-0.2, -0.15) is 0 Å². The molecule has 0 bridgehead atoms. The van der Waals surface area contributed by atoms with Gasteiger partial charge in [-0.15, -0.1) is 0 Å². The van der Waals surface area contributed by atoms with Crippen molar-refractivity contribution in [3.63, 3.8) is 0 Å². The fourth-order valence-electron chi connectivity index (χ4n) is 4.25. The lowest BCUT2D eigenvalue weighted by Crippen LogP contribution is -2.54. The lowest BCUT2D eigenvalue weighted by Gasteiger charge is -2.34. The average Bonchev–Trinajstić information content (AvgIpc) is 2.91. The van der Waals surface area contributed by atoms with E-state index in [0.29, 0.717) is 6.42 Å². The zero-order valence-corrected chi connectivity index (χ0v) is 25.4. The van der Waals surface area contributed by atoms with E-state index < -0.39 is 28.5 Å². The zero-order valence-electron chi connectivity index (χ0n) is 23.1. The molecule has 0 aliphatic heterocycles. The number of anilines is 1. The summed E-state index contributed by atoms with van der Waals surface area (Å²) >= 11 is 12.5. The van der Waals surface area contributed by atoms with Gasteiger partial charge in [-0.3, -0.25) is 13.9 Å². The maximum Gasteiger partial charge on any atom is 0.244 e. The molecule has 3 aromatic rings. The van der Waals surface area contributed by atoms with E-state index in [2.05, 4.69) is 5.32 Å². The molecule has 2 atom stereocenters. The van der Waals surface area contributed by atoms with Crippen LogP contribution >= 0.6 is 23.2 Å². The molecule has 214 valence electrons. The van der Waals surface area contributed by atoms with Crippen LogP contribution in [0, 0.1) is 6.92 Å². The Morgan fingerprint density at radius 2 is 1.60 bits per heavy atom. The monoisotopic (exact) mass is 603 g/mol. The van der Waals surface area contributed by atoms with E-state index in [-0.39, 0.29) is 40.6 Å². The first-order chi connectivity index (χ1) is 18.9. The molecule has 40 heavy (non-hydrogen) atoms. The van der Waals surface area contributed by atoms with Crippen molar-refractivity contribution in [2.45, 2.75) is 52.2 Å². The Labute approximate surface area is 247 Å². The summed E-state index contributed by atoms with van der Waals surface area (Å²) in [5.74, 6) is -0.864. The highest BCUT2D eigenvalue weighted by Gasteiger charge is 2.34. The zero-order chi connectivity index (χ0) is 29.4. The molecule has 0 aliphatic carbocycles. The Hall–Kier alpha value is -3.07. The van der Waals surface area contributed by atoms with Gasteiger partial charge in [0.2, 0.25) is 21.8 Å². The van der Waals surface area contributed by atoms with Crippen LogP contribution in [0.5, 0.6) is 0 Å². The van der Waals surface area contributed by atoms with Crippen molar-refractivity contribution in [3.05, 3.63) is 99.5 Å². The van der Waals surface area contributed by atoms with Gasteiger partial charge in [0.15, 0.2) is 0 Å². The highest BCUT2D eigenvalue weighted by Crippen LogP contribution is 2.34. The summed E-state index contributed by atoms with van der Waals surface area (Å²) in [4.78, 5) is 29.3. The molecular formula is C30H35Cl2N3O4S. The Morgan fingerprint density at radius 1 is 0.950 bits per heavy atom. The molecule has 0 fully saturated rings. The first-order valence-corrected chi connectivity index (χ1v) is 15.6. The molecule has 10 heteroatoms. The van der Waals surface area contributed by atoms with E-state index in [0.717, 1.165) is 27.3 Å². The van der Waals surface area contributed by atoms with Crippen molar-refractivity contribution in [3.8, 4) is 0 Å². The van der Waals surface area contributed by atoms with Crippen LogP contribution in [-0.2, 0) is 32.6 Å². The van der Waals surface area contributed by atoms with Gasteiger partial charge in [0.25, 0.3) is 0 Å². The van der Waals surface area contributed by atoms with E-state index >= 15 is 0 Å². The molecule has 0 saturated carbocycles. The minimum atomic E-state index is -3.95. The first-order valence-electron chi connectivity index (χ1n) is 13.0. The van der Waals surface area contributed by atoms with Gasteiger partial charge in [-0.05, 0) is 49.1 Å². The molecule has 0 spiro atoms. The molecule has 0 heterocycles. The number of nitrogens with zero attached hydrogens (tertiary/aromatic N) is 2. The van der Waals surface area contributed by atoms with E-state index in [1.807, 2.05) is 75.4 Å². The van der Waals surface area contributed by atoms with Gasteiger partial charge >= 0.3 is 0 Å². The van der Waals surface area contributed by atoms with Gasteiger partial charge in [-0.1, -0.05) is 90.8 Å². The number of nitrogens with one attached hydrogen (secondary N) is 1. The number of carbonyl (C=O) groups excluding carboxylic acids is 2. The Morgan fingerprint density at radius 3 is 2.23 bits per heavy atom. The average molecular weight is 605 g/mol. The molecule has 1 N–H and O–H groups in total. The summed E-state index contributed by atoms with van der Waals surface area (Å²) in [7, 11) is -3.95. The molecular weight excluding hydrogens is 569 g/mol. The predicted octanol–water partition coefficient (Wildman–Crippen LogP) is 5.62. The van der Waals surface area contributed by atoms with Crippen LogP contribution in [0.2, 0.25) is 10.0 Å². The van der Waals surface area contributed by atoms with E-state index in [9.17, 15) is 18.0 Å². The summed E-state index contributed by atoms with van der Waals surface area (Å²) in [5.41, 5.74) is 2.74. The SMILES string of the molecule is CC[C@H](C)NC(=O)[C@H](Cc1ccccc1)N(Cc1ccccc1C)C(=O)CN(c1cccc(Cl)c1Cl)S(C)(=O)=O. The third kappa shape index (κ3) is 8.22. The van der Waals surface area contributed by atoms with Gasteiger partial charge in [0.05, 0.1) is 22.0 Å². The topological polar surface area (TPSA) is 86.8 Å². The summed E-state index contributed by atoms with van der Waals surface area (Å²) in [5, 5.41) is 3.19. The number of benzene rings is 3. The van der Waals surface area contributed by atoms with E-state index in [1.54, 1.807) is 6.07 Å². The number of hydrogen-bond acceptors (Lipinski definition) is 4. The minimum absolute atomic E-state index is 0.0168. The number of rotatable bonds is 12. The maximum atomic E-state index is 14.1. The van der Waals surface area contributed by atoms with Gasteiger partial charge in [0, 0.05) is 19.0 Å². The predicted molar refractivity (Wildman–Crippen MR) is 162 cm³/mol. The molecule has 0 saturated heterocycles. The molecule has 0 aliphatic rings. The van der Waals surface area contributed by atoms with Crippen LogP contribution in [-0.4, -0.2) is 50.0 Å². The van der Waals surface area contributed by atoms with Crippen LogP contribution in [0.1, 0.15) is 37.0 Å². The van der Waals surface area contributed by atoms with Crippen LogP contribution in [0.4, 0.5) is 5.69 Å². The summed E-state index contributed by atoms with van der Waals surface area (Å²) in [6.07, 6.45) is 1.96. The largest absolute Gasteiger partial charge is 0.352 e. The smallest absolute Gasteiger partial charge is 0.244 e. The van der Waals surface area contributed by atoms with Gasteiger partial charge in [-0.25, -0.2) is 8.42 Å². The van der Waals surface area contributed by atoms with Gasteiger partial charge in [0.1, 0.15) is 12.6 Å². The minimum Gasteiger partial charge on any atom is -0.352 e. The Bertz CT molecular complexity index is 1430. The standard InChI is InChI=1S/C30H35Cl2N3O4S/c1-5-22(3)33-30(37)27(18-23-13-7-6-8-14-23)34(19-24-15-10-9-12-21(24)2)28(36)20-35(40(4,38)39)26-17-11-16-25(31)29(26)32/h6-17,22,27H,5,18-20H2,1-4H3,(H,33,37)/t22-,27-/m0/s1. The molecule has 0 unspecified atom stereocenters. The van der Waals surface area contributed by atoms with Crippen molar-refractivity contribution < 1.29 is 18.0 Å². The summed E-state index contributed by atoms with van der Waals surface area (Å²) in [6.45, 7) is 5.34. The molecule has 0 radical (unpaired) electrons. The maximum absolute atomic E-state index is 14.1. The Kier molecular flexibility index (Phi) is 11.0. The third-order valence-electron chi connectivity index (χ3n) is 6.75.